The molecule has 7 heteroatoms. The molecular formula is C14H19N3O2S2. The van der Waals surface area contributed by atoms with Crippen LogP contribution in [-0.4, -0.2) is 18.5 Å². The van der Waals surface area contributed by atoms with Gasteiger partial charge >= 0.3 is 0 Å². The minimum atomic E-state index is -3.38. The summed E-state index contributed by atoms with van der Waals surface area (Å²) in [6.45, 7) is 4.39. The molecule has 0 aliphatic carbocycles. The van der Waals surface area contributed by atoms with E-state index in [-0.39, 0.29) is 16.5 Å². The Kier molecular flexibility index (Phi) is 4.84. The molecule has 0 saturated heterocycles. The summed E-state index contributed by atoms with van der Waals surface area (Å²) in [7, 11) is -3.38. The predicted molar refractivity (Wildman–Crippen MR) is 87.4 cm³/mol. The maximum atomic E-state index is 12.3. The van der Waals surface area contributed by atoms with Crippen LogP contribution in [0, 0.1) is 6.92 Å². The van der Waals surface area contributed by atoms with E-state index < -0.39 is 9.84 Å². The largest absolute Gasteiger partial charge is 0.382 e. The maximum absolute atomic E-state index is 12.3. The van der Waals surface area contributed by atoms with Crippen LogP contribution in [0.5, 0.6) is 0 Å². The van der Waals surface area contributed by atoms with Gasteiger partial charge in [-0.3, -0.25) is 0 Å². The fourth-order valence-electron chi connectivity index (χ4n) is 2.06. The van der Waals surface area contributed by atoms with E-state index >= 15 is 0 Å². The first kappa shape index (κ1) is 15.8. The first-order valence-corrected chi connectivity index (χ1v) is 9.14. The zero-order valence-corrected chi connectivity index (χ0v) is 13.7. The Morgan fingerprint density at radius 3 is 2.71 bits per heavy atom. The first-order chi connectivity index (χ1) is 9.95. The van der Waals surface area contributed by atoms with Crippen LogP contribution in [0.3, 0.4) is 0 Å². The number of anilines is 2. The van der Waals surface area contributed by atoms with Crippen molar-refractivity contribution in [1.82, 2.24) is 4.37 Å². The first-order valence-electron chi connectivity index (χ1n) is 6.72. The molecule has 0 bridgehead atoms. The lowest BCUT2D eigenvalue weighted by Crippen LogP contribution is -2.10. The van der Waals surface area contributed by atoms with Crippen molar-refractivity contribution in [2.24, 2.45) is 0 Å². The van der Waals surface area contributed by atoms with E-state index in [0.717, 1.165) is 22.7 Å². The molecule has 1 heterocycles. The summed E-state index contributed by atoms with van der Waals surface area (Å²) in [4.78, 5) is 0.142. The summed E-state index contributed by atoms with van der Waals surface area (Å²) < 4.78 is 28.5. The highest BCUT2D eigenvalue weighted by atomic mass is 32.2. The molecule has 0 radical (unpaired) electrons. The van der Waals surface area contributed by atoms with Gasteiger partial charge in [-0.2, -0.15) is 4.37 Å². The van der Waals surface area contributed by atoms with E-state index in [1.807, 2.05) is 38.1 Å². The van der Waals surface area contributed by atoms with Gasteiger partial charge in [-0.05, 0) is 36.0 Å². The molecule has 0 saturated carbocycles. The zero-order chi connectivity index (χ0) is 15.5. The van der Waals surface area contributed by atoms with E-state index in [1.165, 1.54) is 0 Å². The molecular weight excluding hydrogens is 306 g/mol. The van der Waals surface area contributed by atoms with E-state index in [2.05, 4.69) is 9.69 Å². The van der Waals surface area contributed by atoms with Gasteiger partial charge in [0.1, 0.15) is 9.90 Å². The smallest absolute Gasteiger partial charge is 0.185 e. The molecule has 0 amide bonds. The lowest BCUT2D eigenvalue weighted by molar-refractivity contribution is 0.595. The highest BCUT2D eigenvalue weighted by Crippen LogP contribution is 2.33. The Labute approximate surface area is 129 Å². The number of aryl methyl sites for hydroxylation is 1. The van der Waals surface area contributed by atoms with Gasteiger partial charge in [0.2, 0.25) is 0 Å². The Balaban J connectivity index is 2.25. The molecule has 2 rings (SSSR count). The van der Waals surface area contributed by atoms with Gasteiger partial charge < -0.3 is 11.1 Å². The van der Waals surface area contributed by atoms with Gasteiger partial charge in [0.05, 0.1) is 5.75 Å². The van der Waals surface area contributed by atoms with Gasteiger partial charge in [-0.25, -0.2) is 8.42 Å². The van der Waals surface area contributed by atoms with Crippen LogP contribution in [0.25, 0.3) is 0 Å². The van der Waals surface area contributed by atoms with Crippen molar-refractivity contribution in [3.63, 3.8) is 0 Å². The summed E-state index contributed by atoms with van der Waals surface area (Å²) in [5.74, 6) is 0.162. The van der Waals surface area contributed by atoms with Gasteiger partial charge in [-0.15, -0.1) is 0 Å². The number of hydrogen-bond acceptors (Lipinski definition) is 6. The third-order valence-electron chi connectivity index (χ3n) is 3.16. The SMILES string of the molecule is CCCS(=O)(=O)c1c(N)nsc1NCc1ccccc1C. The topological polar surface area (TPSA) is 85.1 Å². The molecule has 0 spiro atoms. The molecule has 21 heavy (non-hydrogen) atoms. The van der Waals surface area contributed by atoms with E-state index in [1.54, 1.807) is 0 Å². The number of nitrogens with two attached hydrogens (primary N) is 1. The van der Waals surface area contributed by atoms with E-state index in [9.17, 15) is 8.42 Å². The number of hydrogen-bond donors (Lipinski definition) is 2. The Morgan fingerprint density at radius 1 is 1.33 bits per heavy atom. The van der Waals surface area contributed by atoms with Crippen molar-refractivity contribution < 1.29 is 8.42 Å². The molecule has 0 aliphatic heterocycles. The monoisotopic (exact) mass is 325 g/mol. The quantitative estimate of drug-likeness (QED) is 0.853. The molecule has 0 fully saturated rings. The summed E-state index contributed by atoms with van der Waals surface area (Å²) in [5, 5.41) is 3.67. The predicted octanol–water partition coefficient (Wildman–Crippen LogP) is 2.83. The van der Waals surface area contributed by atoms with E-state index in [4.69, 9.17) is 5.73 Å². The lowest BCUT2D eigenvalue weighted by atomic mass is 10.1. The Hall–Kier alpha value is -1.60. The van der Waals surface area contributed by atoms with Crippen molar-refractivity contribution in [3.8, 4) is 0 Å². The molecule has 0 aliphatic rings. The summed E-state index contributed by atoms with van der Waals surface area (Å²) in [5.41, 5.74) is 8.00. The zero-order valence-electron chi connectivity index (χ0n) is 12.1. The minimum absolute atomic E-state index is 0.0780. The molecule has 1 aromatic heterocycles. The fraction of sp³-hybridized carbons (Fsp3) is 0.357. The van der Waals surface area contributed by atoms with Crippen LogP contribution >= 0.6 is 11.5 Å². The van der Waals surface area contributed by atoms with Gasteiger partial charge in [0.15, 0.2) is 15.7 Å². The molecule has 3 N–H and O–H groups in total. The number of rotatable bonds is 6. The summed E-state index contributed by atoms with van der Waals surface area (Å²) >= 11 is 1.09. The maximum Gasteiger partial charge on any atom is 0.185 e. The molecule has 114 valence electrons. The number of benzene rings is 1. The van der Waals surface area contributed by atoms with Crippen LogP contribution in [0.4, 0.5) is 10.8 Å². The van der Waals surface area contributed by atoms with Gasteiger partial charge in [0, 0.05) is 6.54 Å². The highest BCUT2D eigenvalue weighted by Gasteiger charge is 2.24. The van der Waals surface area contributed by atoms with Crippen molar-refractivity contribution in [2.45, 2.75) is 31.7 Å². The number of nitrogens with zero attached hydrogens (tertiary/aromatic N) is 1. The van der Waals surface area contributed by atoms with Crippen molar-refractivity contribution in [3.05, 3.63) is 35.4 Å². The minimum Gasteiger partial charge on any atom is -0.382 e. The van der Waals surface area contributed by atoms with Gasteiger partial charge in [-0.1, -0.05) is 31.2 Å². The number of sulfone groups is 1. The molecule has 0 atom stereocenters. The average molecular weight is 325 g/mol. The third kappa shape index (κ3) is 3.54. The highest BCUT2D eigenvalue weighted by molar-refractivity contribution is 7.91. The summed E-state index contributed by atoms with van der Waals surface area (Å²) in [6, 6.07) is 7.96. The van der Waals surface area contributed by atoms with Crippen molar-refractivity contribution >= 4 is 32.2 Å². The number of nitrogen functional groups attached to an aromatic ring is 1. The van der Waals surface area contributed by atoms with E-state index in [0.29, 0.717) is 18.0 Å². The fourth-order valence-corrected chi connectivity index (χ4v) is 4.68. The van der Waals surface area contributed by atoms with Crippen LogP contribution < -0.4 is 11.1 Å². The van der Waals surface area contributed by atoms with Gasteiger partial charge in [0.25, 0.3) is 0 Å². The number of nitrogens with one attached hydrogen (secondary N) is 1. The lowest BCUT2D eigenvalue weighted by Gasteiger charge is -2.09. The molecule has 5 nitrogen and oxygen atoms in total. The summed E-state index contributed by atoms with van der Waals surface area (Å²) in [6.07, 6.45) is 0.550. The molecule has 1 aromatic carbocycles. The van der Waals surface area contributed by atoms with Crippen LogP contribution in [0.2, 0.25) is 0 Å². The second-order valence-corrected chi connectivity index (χ2v) is 7.64. The standard InChI is InChI=1S/C14H19N3O2S2/c1-3-8-21(18,19)12-13(15)17-20-14(12)16-9-11-7-5-4-6-10(11)2/h4-7,16H,3,8-9H2,1-2H3,(H2,15,17). The van der Waals surface area contributed by atoms with Crippen LogP contribution in [0.1, 0.15) is 24.5 Å². The van der Waals surface area contributed by atoms with Crippen molar-refractivity contribution in [1.29, 1.82) is 0 Å². The average Bonchev–Trinajstić information content (AvgIpc) is 2.80. The van der Waals surface area contributed by atoms with Crippen LogP contribution in [0.15, 0.2) is 29.2 Å². The van der Waals surface area contributed by atoms with Crippen molar-refractivity contribution in [2.75, 3.05) is 16.8 Å². The molecule has 2 aromatic rings. The third-order valence-corrected chi connectivity index (χ3v) is 6.09. The second kappa shape index (κ2) is 6.44. The number of aromatic nitrogens is 1. The Morgan fingerprint density at radius 2 is 2.05 bits per heavy atom. The normalized spacial score (nSPS) is 11.5. The Bertz CT molecular complexity index is 724. The molecule has 0 unspecified atom stereocenters. The second-order valence-electron chi connectivity index (χ2n) is 4.82. The van der Waals surface area contributed by atoms with Crippen LogP contribution in [-0.2, 0) is 16.4 Å².